The van der Waals surface area contributed by atoms with Gasteiger partial charge in [-0.05, 0) is 30.9 Å². The van der Waals surface area contributed by atoms with Gasteiger partial charge in [0, 0.05) is 10.6 Å². The lowest BCUT2D eigenvalue weighted by molar-refractivity contribution is -0.275. The van der Waals surface area contributed by atoms with Crippen LogP contribution in [0.5, 0.6) is 5.75 Å². The topological polar surface area (TPSA) is 18.5 Å². The van der Waals surface area contributed by atoms with Gasteiger partial charge in [0.1, 0.15) is 5.75 Å². The summed E-state index contributed by atoms with van der Waals surface area (Å²) >= 11 is 5.74. The van der Waals surface area contributed by atoms with Gasteiger partial charge in [0.15, 0.2) is 0 Å². The fourth-order valence-corrected chi connectivity index (χ4v) is 2.53. The summed E-state index contributed by atoms with van der Waals surface area (Å²) in [5.41, 5.74) is 0.398. The highest BCUT2D eigenvalue weighted by Gasteiger charge is 2.35. The molecule has 1 aromatic rings. The van der Waals surface area contributed by atoms with Gasteiger partial charge in [0.05, 0.1) is 12.2 Å². The molecule has 1 saturated heterocycles. The van der Waals surface area contributed by atoms with Gasteiger partial charge >= 0.3 is 6.36 Å². The number of ether oxygens (including phenoxy) is 2. The summed E-state index contributed by atoms with van der Waals surface area (Å²) in [5.74, 6) is 0.0543. The Bertz CT molecular complexity index is 474. The van der Waals surface area contributed by atoms with E-state index in [-0.39, 0.29) is 23.0 Å². The van der Waals surface area contributed by atoms with E-state index < -0.39 is 6.36 Å². The summed E-state index contributed by atoms with van der Waals surface area (Å²) in [7, 11) is 0. The second kappa shape index (κ2) is 5.82. The molecule has 0 aliphatic carbocycles. The largest absolute Gasteiger partial charge is 0.573 e. The van der Waals surface area contributed by atoms with Gasteiger partial charge in [-0.25, -0.2) is 0 Å². The SMILES string of the molecule is CC(C)[C@@H]1CC[C@H](c2ccc(Cl)cc2OC(F)(F)F)O1. The van der Waals surface area contributed by atoms with Crippen molar-refractivity contribution in [2.45, 2.75) is 45.3 Å². The van der Waals surface area contributed by atoms with Crippen LogP contribution in [0.3, 0.4) is 0 Å². The predicted octanol–water partition coefficient (Wildman–Crippen LogP) is 5.11. The first-order valence-corrected chi connectivity index (χ1v) is 6.84. The highest BCUT2D eigenvalue weighted by atomic mass is 35.5. The zero-order valence-corrected chi connectivity index (χ0v) is 12.0. The summed E-state index contributed by atoms with van der Waals surface area (Å²) in [5, 5.41) is 0.200. The normalized spacial score (nSPS) is 23.4. The molecule has 1 heterocycles. The third kappa shape index (κ3) is 3.79. The zero-order valence-electron chi connectivity index (χ0n) is 11.2. The van der Waals surface area contributed by atoms with Crippen LogP contribution in [0.25, 0.3) is 0 Å². The molecule has 0 bridgehead atoms. The van der Waals surface area contributed by atoms with E-state index in [2.05, 4.69) is 4.74 Å². The van der Waals surface area contributed by atoms with E-state index in [0.29, 0.717) is 17.9 Å². The van der Waals surface area contributed by atoms with Crippen molar-refractivity contribution < 1.29 is 22.6 Å². The van der Waals surface area contributed by atoms with Gasteiger partial charge in [0.25, 0.3) is 0 Å². The Morgan fingerprint density at radius 3 is 2.55 bits per heavy atom. The lowest BCUT2D eigenvalue weighted by atomic mass is 10.0. The van der Waals surface area contributed by atoms with Gasteiger partial charge in [0.2, 0.25) is 0 Å². The van der Waals surface area contributed by atoms with Gasteiger partial charge in [-0.3, -0.25) is 0 Å². The number of halogens is 4. The van der Waals surface area contributed by atoms with Crippen molar-refractivity contribution in [3.63, 3.8) is 0 Å². The zero-order chi connectivity index (χ0) is 14.9. The first kappa shape index (κ1) is 15.4. The van der Waals surface area contributed by atoms with E-state index >= 15 is 0 Å². The second-order valence-corrected chi connectivity index (χ2v) is 5.65. The van der Waals surface area contributed by atoms with Crippen LogP contribution in [-0.2, 0) is 4.74 Å². The van der Waals surface area contributed by atoms with Crippen LogP contribution in [0.2, 0.25) is 5.02 Å². The Morgan fingerprint density at radius 1 is 1.30 bits per heavy atom. The molecule has 0 radical (unpaired) electrons. The molecule has 2 rings (SSSR count). The monoisotopic (exact) mass is 308 g/mol. The molecular formula is C14H16ClF3O2. The molecule has 0 N–H and O–H groups in total. The number of rotatable bonds is 3. The number of hydrogen-bond donors (Lipinski definition) is 0. The average Bonchev–Trinajstić information content (AvgIpc) is 2.76. The Kier molecular flexibility index (Phi) is 4.49. The van der Waals surface area contributed by atoms with E-state index in [1.165, 1.54) is 12.1 Å². The Morgan fingerprint density at radius 2 is 2.00 bits per heavy atom. The number of hydrogen-bond acceptors (Lipinski definition) is 2. The molecule has 2 atom stereocenters. The molecule has 112 valence electrons. The summed E-state index contributed by atoms with van der Waals surface area (Å²) < 4.78 is 47.2. The molecule has 0 saturated carbocycles. The van der Waals surface area contributed by atoms with E-state index in [1.54, 1.807) is 6.07 Å². The van der Waals surface area contributed by atoms with Crippen LogP contribution in [0.4, 0.5) is 13.2 Å². The van der Waals surface area contributed by atoms with Crippen molar-refractivity contribution in [3.05, 3.63) is 28.8 Å². The summed E-state index contributed by atoms with van der Waals surface area (Å²) in [6.07, 6.45) is -3.55. The first-order valence-electron chi connectivity index (χ1n) is 6.47. The van der Waals surface area contributed by atoms with Crippen LogP contribution in [-0.4, -0.2) is 12.5 Å². The number of benzene rings is 1. The standard InChI is InChI=1S/C14H16ClF3O2/c1-8(2)11-5-6-12(19-11)10-4-3-9(15)7-13(10)20-14(16,17)18/h3-4,7-8,11-12H,5-6H2,1-2H3/t11-,12+/m0/s1. The lowest BCUT2D eigenvalue weighted by Gasteiger charge is -2.20. The van der Waals surface area contributed by atoms with Gasteiger partial charge < -0.3 is 9.47 Å². The molecule has 0 amide bonds. The molecule has 0 spiro atoms. The molecular weight excluding hydrogens is 293 g/mol. The molecule has 20 heavy (non-hydrogen) atoms. The first-order chi connectivity index (χ1) is 9.26. The molecule has 2 nitrogen and oxygen atoms in total. The Hall–Kier alpha value is -0.940. The molecule has 0 unspecified atom stereocenters. The quantitative estimate of drug-likeness (QED) is 0.772. The Balaban J connectivity index is 2.23. The summed E-state index contributed by atoms with van der Waals surface area (Å²) in [6.45, 7) is 4.06. The second-order valence-electron chi connectivity index (χ2n) is 5.21. The predicted molar refractivity (Wildman–Crippen MR) is 69.8 cm³/mol. The smallest absolute Gasteiger partial charge is 0.405 e. The van der Waals surface area contributed by atoms with Crippen LogP contribution in [0.15, 0.2) is 18.2 Å². The fraction of sp³-hybridized carbons (Fsp3) is 0.571. The lowest BCUT2D eigenvalue weighted by Crippen LogP contribution is -2.19. The van der Waals surface area contributed by atoms with Crippen LogP contribution in [0, 0.1) is 5.92 Å². The van der Waals surface area contributed by atoms with Crippen molar-refractivity contribution >= 4 is 11.6 Å². The van der Waals surface area contributed by atoms with Crippen molar-refractivity contribution in [1.82, 2.24) is 0 Å². The minimum Gasteiger partial charge on any atom is -0.405 e. The highest BCUT2D eigenvalue weighted by molar-refractivity contribution is 6.30. The van der Waals surface area contributed by atoms with E-state index in [0.717, 1.165) is 6.42 Å². The molecule has 1 aliphatic rings. The van der Waals surface area contributed by atoms with Crippen LogP contribution >= 0.6 is 11.6 Å². The molecule has 6 heteroatoms. The average molecular weight is 309 g/mol. The minimum absolute atomic E-state index is 0.0643. The van der Waals surface area contributed by atoms with Crippen molar-refractivity contribution in [2.24, 2.45) is 5.92 Å². The van der Waals surface area contributed by atoms with Crippen molar-refractivity contribution in [3.8, 4) is 5.75 Å². The van der Waals surface area contributed by atoms with E-state index in [1.807, 2.05) is 13.8 Å². The third-order valence-corrected chi connectivity index (χ3v) is 3.58. The molecule has 0 aromatic heterocycles. The number of alkyl halides is 3. The van der Waals surface area contributed by atoms with E-state index in [9.17, 15) is 13.2 Å². The van der Waals surface area contributed by atoms with Gasteiger partial charge in [-0.2, -0.15) is 0 Å². The van der Waals surface area contributed by atoms with Gasteiger partial charge in [-0.15, -0.1) is 13.2 Å². The van der Waals surface area contributed by atoms with Crippen LogP contribution in [0.1, 0.15) is 38.4 Å². The molecule has 1 fully saturated rings. The molecule has 1 aliphatic heterocycles. The minimum atomic E-state index is -4.74. The van der Waals surface area contributed by atoms with E-state index in [4.69, 9.17) is 16.3 Å². The molecule has 1 aromatic carbocycles. The highest BCUT2D eigenvalue weighted by Crippen LogP contribution is 2.41. The Labute approximate surface area is 120 Å². The van der Waals surface area contributed by atoms with Crippen molar-refractivity contribution in [2.75, 3.05) is 0 Å². The van der Waals surface area contributed by atoms with Crippen LogP contribution < -0.4 is 4.74 Å². The van der Waals surface area contributed by atoms with Gasteiger partial charge in [-0.1, -0.05) is 31.5 Å². The maximum Gasteiger partial charge on any atom is 0.573 e. The summed E-state index contributed by atoms with van der Waals surface area (Å²) in [4.78, 5) is 0. The maximum atomic E-state index is 12.4. The third-order valence-electron chi connectivity index (χ3n) is 3.34. The summed E-state index contributed by atoms with van der Waals surface area (Å²) in [6, 6.07) is 4.26. The fourth-order valence-electron chi connectivity index (χ4n) is 2.37. The maximum absolute atomic E-state index is 12.4. The van der Waals surface area contributed by atoms with Crippen molar-refractivity contribution in [1.29, 1.82) is 0 Å².